The number of nitrogens with zero attached hydrogens (tertiary/aromatic N) is 1. The Bertz CT molecular complexity index is 1400. The van der Waals surface area contributed by atoms with Crippen molar-refractivity contribution in [2.75, 3.05) is 0 Å². The summed E-state index contributed by atoms with van der Waals surface area (Å²) in [6, 6.07) is 18.5. The lowest BCUT2D eigenvalue weighted by Crippen LogP contribution is -2.05. The minimum atomic E-state index is -0.592. The third-order valence-corrected chi connectivity index (χ3v) is 5.27. The van der Waals surface area contributed by atoms with Crippen molar-refractivity contribution in [1.29, 1.82) is 0 Å². The quantitative estimate of drug-likeness (QED) is 0.253. The molecule has 5 rings (SSSR count). The molecule has 3 aromatic carbocycles. The van der Waals surface area contributed by atoms with Crippen LogP contribution in [0.4, 0.5) is 5.69 Å². The Hall–Kier alpha value is -4.52. The van der Waals surface area contributed by atoms with Crippen LogP contribution in [0.3, 0.4) is 0 Å². The predicted octanol–water partition coefficient (Wildman–Crippen LogP) is 5.00. The van der Waals surface area contributed by atoms with Crippen molar-refractivity contribution in [3.05, 3.63) is 105 Å². The first-order valence-corrected chi connectivity index (χ1v) is 9.35. The molecule has 1 heterocycles. The number of fused-ring (bicyclic) bond motifs is 3. The number of phenolic OH excluding ortho intramolecular Hbond substituents is 1. The fraction of sp³-hybridized carbons (Fsp3) is 0. The van der Waals surface area contributed by atoms with Crippen LogP contribution in [-0.2, 0) is 0 Å². The highest BCUT2D eigenvalue weighted by Crippen LogP contribution is 2.46. The highest BCUT2D eigenvalue weighted by atomic mass is 16.6. The van der Waals surface area contributed by atoms with Crippen molar-refractivity contribution < 1.29 is 24.0 Å². The molecule has 0 saturated heterocycles. The third-order valence-electron chi connectivity index (χ3n) is 5.27. The number of furan rings is 1. The van der Waals surface area contributed by atoms with Gasteiger partial charge in [-0.2, -0.15) is 0 Å². The molecule has 0 atom stereocenters. The van der Waals surface area contributed by atoms with E-state index < -0.39 is 10.7 Å². The van der Waals surface area contributed by atoms with Crippen LogP contribution in [-0.4, -0.2) is 21.6 Å². The first-order chi connectivity index (χ1) is 15.0. The Labute approximate surface area is 175 Å². The fourth-order valence-corrected chi connectivity index (χ4v) is 3.82. The SMILES string of the molecule is O=C(c1ccccc1O)c1oc2c(c1-c1ccc([N+](=O)[O-])cc1)C(=O)c1ccccc1-2. The maximum atomic E-state index is 13.3. The number of phenols is 1. The lowest BCUT2D eigenvalue weighted by Gasteiger charge is -2.07. The highest BCUT2D eigenvalue weighted by molar-refractivity contribution is 6.26. The highest BCUT2D eigenvalue weighted by Gasteiger charge is 2.38. The number of carbonyl (C=O) groups is 2. The first-order valence-electron chi connectivity index (χ1n) is 9.35. The zero-order valence-corrected chi connectivity index (χ0v) is 15.9. The van der Waals surface area contributed by atoms with Crippen LogP contribution in [0, 0.1) is 10.1 Å². The van der Waals surface area contributed by atoms with Crippen LogP contribution in [0.2, 0.25) is 0 Å². The van der Waals surface area contributed by atoms with E-state index >= 15 is 0 Å². The smallest absolute Gasteiger partial charge is 0.269 e. The Morgan fingerprint density at radius 1 is 0.871 bits per heavy atom. The Morgan fingerprint density at radius 3 is 2.19 bits per heavy atom. The second kappa shape index (κ2) is 6.77. The molecule has 0 fully saturated rings. The lowest BCUT2D eigenvalue weighted by atomic mass is 9.95. The van der Waals surface area contributed by atoms with Crippen molar-refractivity contribution >= 4 is 17.3 Å². The molecule has 7 nitrogen and oxygen atoms in total. The standard InChI is InChI=1S/C24H13NO6/c26-18-8-4-3-7-17(18)22(28)24-19(13-9-11-14(12-10-13)25(29)30)20-21(27)15-5-1-2-6-16(15)23(20)31-24/h1-12,26H. The average molecular weight is 411 g/mol. The predicted molar refractivity (Wildman–Crippen MR) is 111 cm³/mol. The number of rotatable bonds is 4. The van der Waals surface area contributed by atoms with Gasteiger partial charge in [-0.25, -0.2) is 0 Å². The number of aromatic hydroxyl groups is 1. The largest absolute Gasteiger partial charge is 0.507 e. The topological polar surface area (TPSA) is 111 Å². The summed E-state index contributed by atoms with van der Waals surface area (Å²) in [6.07, 6.45) is 0. The van der Waals surface area contributed by atoms with Gasteiger partial charge in [0, 0.05) is 28.8 Å². The average Bonchev–Trinajstić information content (AvgIpc) is 3.30. The number of ketones is 2. The van der Waals surface area contributed by atoms with E-state index in [4.69, 9.17) is 4.42 Å². The number of non-ortho nitro benzene ring substituents is 1. The Balaban J connectivity index is 1.77. The molecule has 150 valence electrons. The number of para-hydroxylation sites is 1. The molecule has 7 heteroatoms. The van der Waals surface area contributed by atoms with Gasteiger partial charge >= 0.3 is 0 Å². The summed E-state index contributed by atoms with van der Waals surface area (Å²) in [7, 11) is 0. The van der Waals surface area contributed by atoms with Crippen LogP contribution in [0.15, 0.2) is 77.2 Å². The lowest BCUT2D eigenvalue weighted by molar-refractivity contribution is -0.384. The summed E-state index contributed by atoms with van der Waals surface area (Å²) in [5.41, 5.74) is 1.84. The number of carbonyl (C=O) groups excluding carboxylic acids is 2. The summed E-state index contributed by atoms with van der Waals surface area (Å²) in [4.78, 5) is 37.0. The van der Waals surface area contributed by atoms with Gasteiger partial charge in [-0.05, 0) is 29.8 Å². The molecule has 4 aromatic rings. The second-order valence-electron chi connectivity index (χ2n) is 7.04. The minimum absolute atomic E-state index is 0.0267. The van der Waals surface area contributed by atoms with Gasteiger partial charge in [-0.1, -0.05) is 36.4 Å². The van der Waals surface area contributed by atoms with Gasteiger partial charge in [-0.15, -0.1) is 0 Å². The Kier molecular flexibility index (Phi) is 4.04. The van der Waals surface area contributed by atoms with E-state index in [0.29, 0.717) is 16.7 Å². The van der Waals surface area contributed by atoms with Gasteiger partial charge in [0.2, 0.25) is 5.78 Å². The van der Waals surface area contributed by atoms with Gasteiger partial charge in [0.05, 0.1) is 16.1 Å². The summed E-state index contributed by atoms with van der Waals surface area (Å²) >= 11 is 0. The number of hydrogen-bond acceptors (Lipinski definition) is 6. The van der Waals surface area contributed by atoms with Crippen LogP contribution >= 0.6 is 0 Å². The van der Waals surface area contributed by atoms with E-state index in [1.54, 1.807) is 36.4 Å². The van der Waals surface area contributed by atoms with Crippen molar-refractivity contribution in [3.63, 3.8) is 0 Å². The van der Waals surface area contributed by atoms with E-state index in [2.05, 4.69) is 0 Å². The zero-order chi connectivity index (χ0) is 21.7. The first kappa shape index (κ1) is 18.5. The molecule has 0 saturated carbocycles. The molecule has 0 amide bonds. The number of benzene rings is 3. The molecule has 1 aliphatic carbocycles. The molecule has 1 aromatic heterocycles. The van der Waals surface area contributed by atoms with Crippen molar-refractivity contribution in [2.45, 2.75) is 0 Å². The van der Waals surface area contributed by atoms with Crippen molar-refractivity contribution in [2.24, 2.45) is 0 Å². The maximum absolute atomic E-state index is 13.3. The van der Waals surface area contributed by atoms with E-state index in [-0.39, 0.29) is 45.4 Å². The monoisotopic (exact) mass is 411 g/mol. The zero-order valence-electron chi connectivity index (χ0n) is 15.9. The molecule has 1 aliphatic rings. The summed E-state index contributed by atoms with van der Waals surface area (Å²) in [5, 5.41) is 21.2. The van der Waals surface area contributed by atoms with E-state index in [0.717, 1.165) is 0 Å². The molecule has 0 bridgehead atoms. The van der Waals surface area contributed by atoms with Gasteiger partial charge in [0.15, 0.2) is 11.5 Å². The molecule has 0 spiro atoms. The van der Waals surface area contributed by atoms with Gasteiger partial charge in [0.25, 0.3) is 5.69 Å². The van der Waals surface area contributed by atoms with Crippen LogP contribution in [0.25, 0.3) is 22.5 Å². The second-order valence-corrected chi connectivity index (χ2v) is 7.04. The van der Waals surface area contributed by atoms with Crippen molar-refractivity contribution in [3.8, 4) is 28.2 Å². The van der Waals surface area contributed by atoms with Crippen LogP contribution < -0.4 is 0 Å². The molecular weight excluding hydrogens is 398 g/mol. The molecule has 0 unspecified atom stereocenters. The minimum Gasteiger partial charge on any atom is -0.507 e. The normalized spacial score (nSPS) is 11.8. The summed E-state index contributed by atoms with van der Waals surface area (Å²) in [5.74, 6) is -0.938. The fourth-order valence-electron chi connectivity index (χ4n) is 3.82. The van der Waals surface area contributed by atoms with Crippen molar-refractivity contribution in [1.82, 2.24) is 0 Å². The molecule has 1 N–H and O–H groups in total. The molecule has 31 heavy (non-hydrogen) atoms. The van der Waals surface area contributed by atoms with E-state index in [9.17, 15) is 24.8 Å². The number of hydrogen-bond donors (Lipinski definition) is 1. The van der Waals surface area contributed by atoms with Crippen LogP contribution in [0.1, 0.15) is 32.0 Å². The van der Waals surface area contributed by atoms with Gasteiger partial charge < -0.3 is 9.52 Å². The molecule has 0 aliphatic heterocycles. The number of nitro benzene ring substituents is 1. The summed E-state index contributed by atoms with van der Waals surface area (Å²) < 4.78 is 5.94. The summed E-state index contributed by atoms with van der Waals surface area (Å²) in [6.45, 7) is 0. The van der Waals surface area contributed by atoms with E-state index in [1.165, 1.54) is 36.4 Å². The van der Waals surface area contributed by atoms with E-state index in [1.807, 2.05) is 0 Å². The Morgan fingerprint density at radius 2 is 1.52 bits per heavy atom. The maximum Gasteiger partial charge on any atom is 0.269 e. The third kappa shape index (κ3) is 2.75. The molecular formula is C24H13NO6. The van der Waals surface area contributed by atoms with Gasteiger partial charge in [-0.3, -0.25) is 19.7 Å². The number of nitro groups is 1. The van der Waals surface area contributed by atoms with Gasteiger partial charge in [0.1, 0.15) is 11.5 Å². The molecule has 0 radical (unpaired) electrons. The van der Waals surface area contributed by atoms with Crippen LogP contribution in [0.5, 0.6) is 5.75 Å².